The van der Waals surface area contributed by atoms with E-state index in [1.807, 2.05) is 0 Å². The first-order chi connectivity index (χ1) is 10.1. The van der Waals surface area contributed by atoms with Crippen LogP contribution < -0.4 is 9.47 Å². The van der Waals surface area contributed by atoms with E-state index < -0.39 is 17.5 Å². The molecule has 0 aliphatic heterocycles. The lowest BCUT2D eigenvalue weighted by Crippen LogP contribution is -2.38. The molecule has 0 aromatic heterocycles. The number of benzene rings is 1. The van der Waals surface area contributed by atoms with Crippen LogP contribution in [0.1, 0.15) is 31.9 Å². The first kappa shape index (κ1) is 17.6. The lowest BCUT2D eigenvalue weighted by Gasteiger charge is -2.24. The number of hydrogen-bond acceptors (Lipinski definition) is 4. The van der Waals surface area contributed by atoms with Gasteiger partial charge in [0.1, 0.15) is 11.5 Å². The average Bonchev–Trinajstić information content (AvgIpc) is 2.37. The van der Waals surface area contributed by atoms with E-state index in [0.717, 1.165) is 11.6 Å². The number of ether oxygens (including phenoxy) is 2. The molecule has 2 N–H and O–H groups in total. The Bertz CT molecular complexity index is 628. The minimum atomic E-state index is -1.45. The van der Waals surface area contributed by atoms with Crippen molar-refractivity contribution < 1.29 is 29.3 Å². The number of carbonyl (C=O) groups is 2. The summed E-state index contributed by atoms with van der Waals surface area (Å²) < 4.78 is 10.8. The number of aryl methyl sites for hydroxylation is 1. The quantitative estimate of drug-likeness (QED) is 0.785. The van der Waals surface area contributed by atoms with E-state index in [9.17, 15) is 14.7 Å². The van der Waals surface area contributed by atoms with E-state index in [-0.39, 0.29) is 0 Å². The first-order valence-corrected chi connectivity index (χ1v) is 6.61. The van der Waals surface area contributed by atoms with Gasteiger partial charge >= 0.3 is 11.9 Å². The fraction of sp³-hybridized carbons (Fsp3) is 0.375. The summed E-state index contributed by atoms with van der Waals surface area (Å²) in [5, 5.41) is 18.1. The van der Waals surface area contributed by atoms with Crippen LogP contribution in [0.2, 0.25) is 0 Å². The van der Waals surface area contributed by atoms with Crippen LogP contribution in [0.25, 0.3) is 5.57 Å². The lowest BCUT2D eigenvalue weighted by molar-refractivity contribution is -0.152. The van der Waals surface area contributed by atoms with Crippen molar-refractivity contribution in [3.8, 4) is 11.5 Å². The predicted molar refractivity (Wildman–Crippen MR) is 81.4 cm³/mol. The zero-order valence-electron chi connectivity index (χ0n) is 13.3. The van der Waals surface area contributed by atoms with Gasteiger partial charge in [0.25, 0.3) is 0 Å². The molecule has 0 aliphatic carbocycles. The summed E-state index contributed by atoms with van der Waals surface area (Å²) in [5.41, 5.74) is 0.214. The third kappa shape index (κ3) is 4.00. The summed E-state index contributed by atoms with van der Waals surface area (Å²) in [7, 11) is 1.50. The second-order valence-electron chi connectivity index (χ2n) is 5.40. The number of rotatable bonds is 6. The summed E-state index contributed by atoms with van der Waals surface area (Å²) in [5.74, 6) is -1.36. The van der Waals surface area contributed by atoms with E-state index >= 15 is 0 Å². The Balaban J connectivity index is 3.45. The molecule has 1 aromatic rings. The van der Waals surface area contributed by atoms with E-state index in [2.05, 4.69) is 0 Å². The first-order valence-electron chi connectivity index (χ1n) is 6.61. The van der Waals surface area contributed by atoms with Crippen LogP contribution in [0.5, 0.6) is 11.5 Å². The molecule has 0 heterocycles. The van der Waals surface area contributed by atoms with Crippen molar-refractivity contribution in [1.82, 2.24) is 0 Å². The van der Waals surface area contributed by atoms with Crippen molar-refractivity contribution in [2.45, 2.75) is 33.3 Å². The Kier molecular flexibility index (Phi) is 5.19. The number of carboxylic acid groups (broad SMARTS) is 2. The molecule has 22 heavy (non-hydrogen) atoms. The Morgan fingerprint density at radius 1 is 1.18 bits per heavy atom. The summed E-state index contributed by atoms with van der Waals surface area (Å²) in [6.45, 7) is 6.25. The third-order valence-electron chi connectivity index (χ3n) is 3.14. The van der Waals surface area contributed by atoms with Crippen molar-refractivity contribution in [2.75, 3.05) is 7.11 Å². The molecule has 1 rings (SSSR count). The van der Waals surface area contributed by atoms with Crippen molar-refractivity contribution in [1.29, 1.82) is 0 Å². The van der Waals surface area contributed by atoms with Gasteiger partial charge in [-0.05, 0) is 51.0 Å². The Morgan fingerprint density at radius 3 is 2.23 bits per heavy atom. The van der Waals surface area contributed by atoms with Gasteiger partial charge in [0.15, 0.2) is 5.60 Å². The summed E-state index contributed by atoms with van der Waals surface area (Å²) >= 11 is 0. The standard InChI is InChI=1S/C16H20O6/c1-9(7-14(17)18)11-8-12(21-5)10(2)6-13(11)22-16(3,4)15(19)20/h6-8H,1-5H3,(H,17,18)(H,19,20)/b9-7-. The summed E-state index contributed by atoms with van der Waals surface area (Å²) in [4.78, 5) is 22.1. The molecule has 0 amide bonds. The number of aliphatic carboxylic acids is 2. The van der Waals surface area contributed by atoms with Crippen LogP contribution in [0.3, 0.4) is 0 Å². The van der Waals surface area contributed by atoms with Gasteiger partial charge in [0, 0.05) is 11.6 Å². The zero-order valence-corrected chi connectivity index (χ0v) is 13.3. The van der Waals surface area contributed by atoms with Crippen molar-refractivity contribution in [3.63, 3.8) is 0 Å². The Morgan fingerprint density at radius 2 is 1.77 bits per heavy atom. The van der Waals surface area contributed by atoms with E-state index in [4.69, 9.17) is 14.6 Å². The predicted octanol–water partition coefficient (Wildman–Crippen LogP) is 2.73. The molecular weight excluding hydrogens is 288 g/mol. The molecule has 6 nitrogen and oxygen atoms in total. The maximum Gasteiger partial charge on any atom is 0.347 e. The van der Waals surface area contributed by atoms with Gasteiger partial charge in [-0.2, -0.15) is 0 Å². The van der Waals surface area contributed by atoms with Gasteiger partial charge in [-0.25, -0.2) is 9.59 Å². The van der Waals surface area contributed by atoms with Gasteiger partial charge in [-0.1, -0.05) is 0 Å². The minimum Gasteiger partial charge on any atom is -0.496 e. The maximum atomic E-state index is 11.2. The molecule has 0 atom stereocenters. The summed E-state index contributed by atoms with van der Waals surface area (Å²) in [6.07, 6.45) is 1.03. The van der Waals surface area contributed by atoms with Gasteiger partial charge in [0.2, 0.25) is 0 Å². The third-order valence-corrected chi connectivity index (χ3v) is 3.14. The van der Waals surface area contributed by atoms with Gasteiger partial charge < -0.3 is 19.7 Å². The SMILES string of the molecule is COc1cc(/C(C)=C\C(=O)O)c(OC(C)(C)C(=O)O)cc1C. The molecule has 0 radical (unpaired) electrons. The van der Waals surface area contributed by atoms with Crippen LogP contribution in [0, 0.1) is 6.92 Å². The van der Waals surface area contributed by atoms with E-state index in [1.54, 1.807) is 26.0 Å². The molecule has 0 fully saturated rings. The Labute approximate surface area is 129 Å². The number of allylic oxidation sites excluding steroid dienone is 1. The molecule has 1 aromatic carbocycles. The van der Waals surface area contributed by atoms with Crippen LogP contribution >= 0.6 is 0 Å². The van der Waals surface area contributed by atoms with Crippen LogP contribution in [0.4, 0.5) is 0 Å². The second kappa shape index (κ2) is 6.51. The van der Waals surface area contributed by atoms with Gasteiger partial charge in [-0.3, -0.25) is 0 Å². The molecule has 0 spiro atoms. The molecule has 6 heteroatoms. The van der Waals surface area contributed by atoms with Gasteiger partial charge in [-0.15, -0.1) is 0 Å². The van der Waals surface area contributed by atoms with Crippen LogP contribution in [0.15, 0.2) is 18.2 Å². The fourth-order valence-corrected chi connectivity index (χ4v) is 1.86. The highest BCUT2D eigenvalue weighted by atomic mass is 16.5. The zero-order chi connectivity index (χ0) is 17.1. The highest BCUT2D eigenvalue weighted by Gasteiger charge is 2.30. The van der Waals surface area contributed by atoms with Crippen LogP contribution in [-0.4, -0.2) is 34.9 Å². The molecule has 0 saturated carbocycles. The summed E-state index contributed by atoms with van der Waals surface area (Å²) in [6, 6.07) is 3.27. The topological polar surface area (TPSA) is 93.1 Å². The van der Waals surface area contributed by atoms with Crippen molar-refractivity contribution in [3.05, 3.63) is 29.3 Å². The normalized spacial score (nSPS) is 12.0. The highest BCUT2D eigenvalue weighted by Crippen LogP contribution is 2.35. The highest BCUT2D eigenvalue weighted by molar-refractivity contribution is 5.90. The van der Waals surface area contributed by atoms with E-state index in [1.165, 1.54) is 21.0 Å². The number of methoxy groups -OCH3 is 1. The average molecular weight is 308 g/mol. The van der Waals surface area contributed by atoms with Crippen molar-refractivity contribution in [2.24, 2.45) is 0 Å². The number of hydrogen-bond donors (Lipinski definition) is 2. The maximum absolute atomic E-state index is 11.2. The minimum absolute atomic E-state index is 0.292. The van der Waals surface area contributed by atoms with Crippen LogP contribution in [-0.2, 0) is 9.59 Å². The monoisotopic (exact) mass is 308 g/mol. The van der Waals surface area contributed by atoms with Gasteiger partial charge in [0.05, 0.1) is 7.11 Å². The largest absolute Gasteiger partial charge is 0.496 e. The smallest absolute Gasteiger partial charge is 0.347 e. The Hall–Kier alpha value is -2.50. The molecule has 0 unspecified atom stereocenters. The van der Waals surface area contributed by atoms with Crippen molar-refractivity contribution >= 4 is 17.5 Å². The molecular formula is C16H20O6. The number of carboxylic acids is 2. The van der Waals surface area contributed by atoms with E-state index in [0.29, 0.717) is 22.6 Å². The second-order valence-corrected chi connectivity index (χ2v) is 5.40. The molecule has 0 bridgehead atoms. The lowest BCUT2D eigenvalue weighted by atomic mass is 10.0. The molecule has 120 valence electrons. The fourth-order valence-electron chi connectivity index (χ4n) is 1.86. The molecule has 0 saturated heterocycles. The molecule has 0 aliphatic rings.